The van der Waals surface area contributed by atoms with Crippen LogP contribution in [0.1, 0.15) is 70.8 Å². The van der Waals surface area contributed by atoms with E-state index in [2.05, 4.69) is 432 Å². The quantitative estimate of drug-likeness (QED) is 0.138. The fourth-order valence-corrected chi connectivity index (χ4v) is 20.9. The van der Waals surface area contributed by atoms with Gasteiger partial charge in [0, 0.05) is 82.3 Å². The minimum absolute atomic E-state index is 0.0476. The second-order valence-corrected chi connectivity index (χ2v) is 32.2. The number of hydrogen-bond acceptors (Lipinski definition) is 0. The fourth-order valence-electron chi connectivity index (χ4n) is 20.9. The molecule has 0 amide bonds. The molecule has 22 aromatic rings. The van der Waals surface area contributed by atoms with Gasteiger partial charge in [-0.25, -0.2) is 0 Å². The molecular weight excluding hydrogens is 1370 g/mol. The van der Waals surface area contributed by atoms with E-state index in [1.807, 2.05) is 0 Å². The van der Waals surface area contributed by atoms with Crippen LogP contribution in [-0.2, 0) is 16.2 Å². The molecule has 0 unspecified atom stereocenters. The molecule has 2 aliphatic rings. The van der Waals surface area contributed by atoms with Crippen molar-refractivity contribution in [3.05, 3.63) is 438 Å². The zero-order chi connectivity index (χ0) is 74.6. The molecule has 5 heterocycles. The van der Waals surface area contributed by atoms with Crippen molar-refractivity contribution in [1.29, 1.82) is 0 Å². The van der Waals surface area contributed by atoms with E-state index < -0.39 is 10.8 Å². The highest BCUT2D eigenvalue weighted by atomic mass is 15.0. The first-order valence-electron chi connectivity index (χ1n) is 39.5. The second kappa shape index (κ2) is 23.6. The van der Waals surface area contributed by atoms with Crippen molar-refractivity contribution in [3.63, 3.8) is 0 Å². The number of rotatable bonds is 9. The Morgan fingerprint density at radius 2 is 0.398 bits per heavy atom. The van der Waals surface area contributed by atoms with E-state index in [0.717, 1.165) is 83.6 Å². The minimum Gasteiger partial charge on any atom is -0.309 e. The first-order valence-corrected chi connectivity index (χ1v) is 39.5. The molecule has 0 radical (unpaired) electrons. The Kier molecular flexibility index (Phi) is 13.3. The van der Waals surface area contributed by atoms with Crippen LogP contribution in [0.15, 0.2) is 388 Å². The van der Waals surface area contributed by atoms with E-state index in [-0.39, 0.29) is 5.41 Å². The van der Waals surface area contributed by atoms with Crippen LogP contribution in [0.25, 0.3) is 160 Å². The zero-order valence-electron chi connectivity index (χ0n) is 62.7. The van der Waals surface area contributed by atoms with E-state index in [4.69, 9.17) is 0 Å². The molecule has 0 spiro atoms. The summed E-state index contributed by atoms with van der Waals surface area (Å²) in [5, 5.41) is 12.1. The fraction of sp³-hybridized carbons (Fsp3) is 0.0556. The number of nitrogens with zero attached hydrogens (tertiary/aromatic N) is 5. The van der Waals surface area contributed by atoms with Crippen LogP contribution < -0.4 is 0 Å². The normalized spacial score (nSPS) is 13.6. The molecule has 5 heteroatoms. The Morgan fingerprint density at radius 1 is 0.177 bits per heavy atom. The van der Waals surface area contributed by atoms with Gasteiger partial charge in [-0.3, -0.25) is 0 Å². The third kappa shape index (κ3) is 8.76. The van der Waals surface area contributed by atoms with E-state index >= 15 is 0 Å². The molecule has 5 aromatic heterocycles. The molecule has 2 aliphatic carbocycles. The topological polar surface area (TPSA) is 24.6 Å². The highest BCUT2D eigenvalue weighted by Gasteiger charge is 2.49. The minimum atomic E-state index is -0.870. The smallest absolute Gasteiger partial charge is 0.0715 e. The van der Waals surface area contributed by atoms with Crippen molar-refractivity contribution < 1.29 is 0 Å². The Morgan fingerprint density at radius 3 is 0.655 bits per heavy atom. The molecular formula is C108H73N5. The van der Waals surface area contributed by atoms with Crippen molar-refractivity contribution in [3.8, 4) is 50.7 Å². The molecule has 0 aliphatic heterocycles. The van der Waals surface area contributed by atoms with Gasteiger partial charge < -0.3 is 22.8 Å². The van der Waals surface area contributed by atoms with Gasteiger partial charge in [0.25, 0.3) is 0 Å². The lowest BCUT2D eigenvalue weighted by Gasteiger charge is -2.35. The highest BCUT2D eigenvalue weighted by molar-refractivity contribution is 6.15. The molecule has 530 valence electrons. The van der Waals surface area contributed by atoms with Crippen molar-refractivity contribution in [2.75, 3.05) is 0 Å². The average molecular weight is 1440 g/mol. The van der Waals surface area contributed by atoms with Gasteiger partial charge in [-0.05, 0) is 199 Å². The Bertz CT molecular complexity index is 6810. The van der Waals surface area contributed by atoms with E-state index in [0.29, 0.717) is 0 Å². The Balaban J connectivity index is 0.832. The SMILES string of the molecule is CC(C)(C)c1ccc(-n2c3ccc(C4(c5cc(-n6c7ccccc7c7ccccc76)cc(-n6c7ccccc7c7ccccc76)c5)c5ccccc5-c5ccccc54)cc3c3cc(C4(c5cc(-n6c7ccccc7c7ccccc76)cc(-n6c7ccccc7c7ccccc76)c5)c5ccccc5-c5ccccc54)ccc32)cc1. The van der Waals surface area contributed by atoms with Crippen LogP contribution in [0, 0.1) is 0 Å². The van der Waals surface area contributed by atoms with Crippen LogP contribution in [-0.4, -0.2) is 22.8 Å². The summed E-state index contributed by atoms with van der Waals surface area (Å²) in [5.74, 6) is 0. The molecule has 0 saturated carbocycles. The summed E-state index contributed by atoms with van der Waals surface area (Å²) >= 11 is 0. The van der Waals surface area contributed by atoms with Gasteiger partial charge in [-0.2, -0.15) is 0 Å². The van der Waals surface area contributed by atoms with Crippen LogP contribution in [0.2, 0.25) is 0 Å². The van der Waals surface area contributed by atoms with Gasteiger partial charge in [0.15, 0.2) is 0 Å². The summed E-state index contributed by atoms with van der Waals surface area (Å²) in [4.78, 5) is 0. The Labute approximate surface area is 653 Å². The van der Waals surface area contributed by atoms with Crippen LogP contribution in [0.3, 0.4) is 0 Å². The van der Waals surface area contributed by atoms with Gasteiger partial charge in [-0.15, -0.1) is 0 Å². The maximum atomic E-state index is 2.61. The van der Waals surface area contributed by atoms with E-state index in [9.17, 15) is 0 Å². The maximum absolute atomic E-state index is 2.61. The first-order chi connectivity index (χ1) is 55.7. The summed E-state index contributed by atoms with van der Waals surface area (Å²) in [5.41, 5.74) is 31.1. The number of fused-ring (bicyclic) bond motifs is 21. The second-order valence-electron chi connectivity index (χ2n) is 32.2. The van der Waals surface area contributed by atoms with Crippen LogP contribution >= 0.6 is 0 Å². The lowest BCUT2D eigenvalue weighted by Crippen LogP contribution is -2.29. The van der Waals surface area contributed by atoms with Gasteiger partial charge in [-0.1, -0.05) is 288 Å². The molecule has 0 atom stereocenters. The highest BCUT2D eigenvalue weighted by Crippen LogP contribution is 2.60. The van der Waals surface area contributed by atoms with Crippen molar-refractivity contribution >= 4 is 109 Å². The molecule has 17 aromatic carbocycles. The summed E-state index contributed by atoms with van der Waals surface area (Å²) < 4.78 is 12.6. The standard InChI is InChI=1S/C108H73N5/c1-106(2,3)68-52-56-73(57-53-68)109-104-58-54-69(107(92-40-16-4-28-78(92)79-29-5-17-41-93(79)107)71-60-74(110-96-44-20-8-32-82(96)83-33-9-21-45-97(83)110)66-75(61-71)111-98-46-22-10-34-84(98)85-35-11-23-47-99(85)111)64-90(104)91-65-70(55-59-105(91)109)108(94-42-18-6-30-80(94)81-31-7-19-43-95(81)108)72-62-76(112-100-48-24-12-36-86(100)87-37-13-25-49-101(87)112)67-77(63-72)113-102-50-26-14-38-88(102)89-39-15-27-51-103(89)113/h4-67H,1-3H3. The van der Waals surface area contributed by atoms with Crippen molar-refractivity contribution in [2.24, 2.45) is 0 Å². The zero-order valence-corrected chi connectivity index (χ0v) is 62.7. The molecule has 0 N–H and O–H groups in total. The lowest BCUT2D eigenvalue weighted by atomic mass is 9.67. The van der Waals surface area contributed by atoms with Gasteiger partial charge >= 0.3 is 0 Å². The molecule has 0 bridgehead atoms. The summed E-state index contributed by atoms with van der Waals surface area (Å²) in [6.07, 6.45) is 0. The van der Waals surface area contributed by atoms with Gasteiger partial charge in [0.05, 0.1) is 66.0 Å². The van der Waals surface area contributed by atoms with E-state index in [1.54, 1.807) is 0 Å². The molecule has 5 nitrogen and oxygen atoms in total. The number of hydrogen-bond donors (Lipinski definition) is 0. The molecule has 0 saturated heterocycles. The third-order valence-corrected chi connectivity index (χ3v) is 25.6. The van der Waals surface area contributed by atoms with Gasteiger partial charge in [0.2, 0.25) is 0 Å². The molecule has 0 fully saturated rings. The summed E-state index contributed by atoms with van der Waals surface area (Å²) in [7, 11) is 0. The van der Waals surface area contributed by atoms with Crippen LogP contribution in [0.4, 0.5) is 0 Å². The maximum Gasteiger partial charge on any atom is 0.0715 e. The predicted molar refractivity (Wildman–Crippen MR) is 471 cm³/mol. The average Bonchev–Trinajstić information content (AvgIpc) is 1.53. The van der Waals surface area contributed by atoms with E-state index in [1.165, 1.54) is 126 Å². The number of benzene rings is 17. The van der Waals surface area contributed by atoms with Crippen molar-refractivity contribution in [2.45, 2.75) is 37.0 Å². The number of para-hydroxylation sites is 8. The number of aromatic nitrogens is 5. The predicted octanol–water partition coefficient (Wildman–Crippen LogP) is 27.2. The largest absolute Gasteiger partial charge is 0.309 e. The third-order valence-electron chi connectivity index (χ3n) is 25.6. The lowest BCUT2D eigenvalue weighted by molar-refractivity contribution is 0.590. The molecule has 113 heavy (non-hydrogen) atoms. The molecule has 24 rings (SSSR count). The summed E-state index contributed by atoms with van der Waals surface area (Å²) in [6.45, 7) is 6.93. The van der Waals surface area contributed by atoms with Crippen molar-refractivity contribution in [1.82, 2.24) is 22.8 Å². The van der Waals surface area contributed by atoms with Gasteiger partial charge in [0.1, 0.15) is 0 Å². The summed E-state index contributed by atoms with van der Waals surface area (Å²) in [6, 6.07) is 148. The Hall–Kier alpha value is -14.3. The first kappa shape index (κ1) is 63.6. The van der Waals surface area contributed by atoms with Crippen LogP contribution in [0.5, 0.6) is 0 Å². The monoisotopic (exact) mass is 1440 g/mol.